The number of rotatable bonds is 6. The Morgan fingerprint density at radius 1 is 1.00 bits per heavy atom. The van der Waals surface area contributed by atoms with E-state index in [9.17, 15) is 18.3 Å². The number of carbonyl (C=O) groups excluding carboxylic acids is 1. The van der Waals surface area contributed by atoms with Crippen LogP contribution in [0, 0.1) is 56.7 Å². The highest BCUT2D eigenvalue weighted by Crippen LogP contribution is 2.91. The first-order valence-corrected chi connectivity index (χ1v) is 20.8. The van der Waals surface area contributed by atoms with E-state index in [0.29, 0.717) is 53.6 Å². The molecule has 10 heteroatoms. The molecule has 0 aromatic heterocycles. The SMILES string of the molecule is CC(=O)O[C@@H]([C@H]1CC(C)C2[C@@H](C[C@@]3(C)[C@@H]4CCC5C(C)(C)[C@@H](OC6CN(S(C)(=O)=O)CCO6)CCC56[C@@H](C)[C@@]46CC[C@]23C)O1)C(C)(C)O. The summed E-state index contributed by atoms with van der Waals surface area (Å²) in [6.45, 7) is 20.8. The van der Waals surface area contributed by atoms with Crippen molar-refractivity contribution >= 4 is 16.0 Å². The second-order valence-corrected chi connectivity index (χ2v) is 21.0. The topological polar surface area (TPSA) is 112 Å². The molecule has 1 N–H and O–H groups in total. The summed E-state index contributed by atoms with van der Waals surface area (Å²) in [6.07, 6.45) is 8.73. The molecule has 7 rings (SSSR count). The molecule has 2 heterocycles. The molecule has 7 aliphatic rings. The first-order valence-electron chi connectivity index (χ1n) is 18.9. The summed E-state index contributed by atoms with van der Waals surface area (Å²) in [7, 11) is -3.29. The van der Waals surface area contributed by atoms with E-state index in [-0.39, 0.29) is 47.1 Å². The maximum Gasteiger partial charge on any atom is 0.303 e. The summed E-state index contributed by atoms with van der Waals surface area (Å²) < 4.78 is 51.5. The number of nitrogens with zero attached hydrogens (tertiary/aromatic N) is 1. The second kappa shape index (κ2) is 11.1. The largest absolute Gasteiger partial charge is 0.457 e. The van der Waals surface area contributed by atoms with Gasteiger partial charge in [0.2, 0.25) is 10.0 Å². The van der Waals surface area contributed by atoms with Crippen molar-refractivity contribution in [3.63, 3.8) is 0 Å². The van der Waals surface area contributed by atoms with Crippen LogP contribution >= 0.6 is 0 Å². The van der Waals surface area contributed by atoms with Gasteiger partial charge in [-0.2, -0.15) is 4.31 Å². The third-order valence-electron chi connectivity index (χ3n) is 16.4. The number of aliphatic hydroxyl groups is 1. The van der Waals surface area contributed by atoms with E-state index in [1.807, 2.05) is 0 Å². The zero-order valence-electron chi connectivity index (χ0n) is 31.2. The summed E-state index contributed by atoms with van der Waals surface area (Å²) in [5.74, 6) is 2.32. The first-order chi connectivity index (χ1) is 22.1. The fraction of sp³-hybridized carbons (Fsp3) is 0.974. The van der Waals surface area contributed by atoms with Gasteiger partial charge in [0.15, 0.2) is 12.4 Å². The molecular weight excluding hydrogens is 630 g/mol. The lowest BCUT2D eigenvalue weighted by Gasteiger charge is -2.63. The van der Waals surface area contributed by atoms with Crippen LogP contribution in [0.25, 0.3) is 0 Å². The normalized spacial score (nSPS) is 50.6. The van der Waals surface area contributed by atoms with Crippen molar-refractivity contribution in [1.29, 1.82) is 0 Å². The number of morpholine rings is 1. The average molecular weight is 694 g/mol. The van der Waals surface area contributed by atoms with Gasteiger partial charge in [-0.1, -0.05) is 41.5 Å². The molecular formula is C38H63NO8S. The summed E-state index contributed by atoms with van der Waals surface area (Å²) in [5.41, 5.74) is -0.298. The van der Waals surface area contributed by atoms with Gasteiger partial charge >= 0.3 is 5.97 Å². The zero-order valence-corrected chi connectivity index (χ0v) is 32.0. The van der Waals surface area contributed by atoms with E-state index in [4.69, 9.17) is 18.9 Å². The lowest BCUT2D eigenvalue weighted by molar-refractivity contribution is -0.242. The van der Waals surface area contributed by atoms with Crippen LogP contribution in [0.4, 0.5) is 0 Å². The van der Waals surface area contributed by atoms with Gasteiger partial charge in [0.25, 0.3) is 0 Å². The molecule has 0 amide bonds. The predicted molar refractivity (Wildman–Crippen MR) is 182 cm³/mol. The smallest absolute Gasteiger partial charge is 0.303 e. The molecule has 0 aromatic rings. The minimum Gasteiger partial charge on any atom is -0.457 e. The summed E-state index contributed by atoms with van der Waals surface area (Å²) in [4.78, 5) is 12.1. The lowest BCUT2D eigenvalue weighted by Crippen LogP contribution is -2.59. The number of carbonyl (C=O) groups is 1. The van der Waals surface area contributed by atoms with Gasteiger partial charge < -0.3 is 24.1 Å². The van der Waals surface area contributed by atoms with Gasteiger partial charge in [0.05, 0.1) is 43.3 Å². The fourth-order valence-electron chi connectivity index (χ4n) is 14.5. The van der Waals surface area contributed by atoms with E-state index in [0.717, 1.165) is 25.7 Å². The minimum atomic E-state index is -3.29. The molecule has 14 atom stereocenters. The van der Waals surface area contributed by atoms with Crippen molar-refractivity contribution in [1.82, 2.24) is 4.31 Å². The van der Waals surface area contributed by atoms with Crippen molar-refractivity contribution in [2.24, 2.45) is 56.7 Å². The van der Waals surface area contributed by atoms with Crippen LogP contribution in [0.15, 0.2) is 0 Å². The molecule has 7 fully saturated rings. The van der Waals surface area contributed by atoms with Gasteiger partial charge in [0.1, 0.15) is 0 Å². The highest BCUT2D eigenvalue weighted by Gasteiger charge is 2.86. The number of hydrogen-bond donors (Lipinski definition) is 1. The lowest BCUT2D eigenvalue weighted by atomic mass is 9.41. The molecule has 5 unspecified atom stereocenters. The van der Waals surface area contributed by atoms with E-state index in [1.165, 1.54) is 43.2 Å². The Hall–Kier alpha value is -0.780. The zero-order chi connectivity index (χ0) is 35.0. The average Bonchev–Trinajstić information content (AvgIpc) is 3.39. The highest BCUT2D eigenvalue weighted by atomic mass is 32.2. The Bertz CT molecular complexity index is 1410. The Morgan fingerprint density at radius 3 is 2.31 bits per heavy atom. The van der Waals surface area contributed by atoms with Crippen LogP contribution in [-0.4, -0.2) is 86.1 Å². The van der Waals surface area contributed by atoms with Crippen LogP contribution in [0.3, 0.4) is 0 Å². The van der Waals surface area contributed by atoms with Crippen molar-refractivity contribution in [2.45, 2.75) is 150 Å². The molecule has 9 nitrogen and oxygen atoms in total. The molecule has 5 aliphatic carbocycles. The Morgan fingerprint density at radius 2 is 1.67 bits per heavy atom. The minimum absolute atomic E-state index is 0.0324. The number of ether oxygens (including phenoxy) is 4. The molecule has 5 saturated carbocycles. The standard InChI is InChI=1S/C38H63NO8S/c1-22-19-25(32(34(6,7)41)45-24(3)40)46-26-20-36(9)28-12-11-27-33(4,5)29(47-30-21-39(17-18-44-30)48(10,42)43)13-14-37(27)23(2)38(28,37)16-15-35(36,8)31(22)26/h22-23,25-32,41H,11-21H2,1-10H3/t22?,23-,25-,26-,27?,28+,29+,30?,31?,32+,35-,36+,37?,38+/m1/s1. The van der Waals surface area contributed by atoms with Gasteiger partial charge in [0, 0.05) is 13.5 Å². The van der Waals surface area contributed by atoms with Gasteiger partial charge in [-0.3, -0.25) is 4.79 Å². The van der Waals surface area contributed by atoms with Crippen LogP contribution in [-0.2, 0) is 33.8 Å². The van der Waals surface area contributed by atoms with Crippen LogP contribution in [0.2, 0.25) is 0 Å². The number of sulfonamides is 1. The quantitative estimate of drug-likeness (QED) is 0.349. The van der Waals surface area contributed by atoms with Gasteiger partial charge in [-0.25, -0.2) is 8.42 Å². The van der Waals surface area contributed by atoms with Gasteiger partial charge in [-0.05, 0) is 122 Å². The highest BCUT2D eigenvalue weighted by molar-refractivity contribution is 7.88. The monoisotopic (exact) mass is 693 g/mol. The number of fused-ring (bicyclic) bond motifs is 4. The molecule has 274 valence electrons. The second-order valence-electron chi connectivity index (χ2n) is 19.1. The molecule has 0 radical (unpaired) electrons. The maximum absolute atomic E-state index is 12.3. The predicted octanol–water partition coefficient (Wildman–Crippen LogP) is 5.78. The molecule has 0 bridgehead atoms. The van der Waals surface area contributed by atoms with Crippen molar-refractivity contribution in [3.8, 4) is 0 Å². The van der Waals surface area contributed by atoms with Crippen LogP contribution in [0.5, 0.6) is 0 Å². The molecule has 48 heavy (non-hydrogen) atoms. The van der Waals surface area contributed by atoms with E-state index in [2.05, 4.69) is 41.5 Å². The molecule has 2 saturated heterocycles. The van der Waals surface area contributed by atoms with Crippen LogP contribution in [0.1, 0.15) is 114 Å². The third kappa shape index (κ3) is 4.77. The summed E-state index contributed by atoms with van der Waals surface area (Å²) in [6, 6.07) is 0. The number of hydrogen-bond acceptors (Lipinski definition) is 8. The van der Waals surface area contributed by atoms with Gasteiger partial charge in [-0.15, -0.1) is 0 Å². The Balaban J connectivity index is 1.13. The molecule has 2 aliphatic heterocycles. The Labute approximate surface area is 289 Å². The molecule has 2 spiro atoms. The summed E-state index contributed by atoms with van der Waals surface area (Å²) >= 11 is 0. The van der Waals surface area contributed by atoms with E-state index in [1.54, 1.807) is 13.8 Å². The van der Waals surface area contributed by atoms with Crippen molar-refractivity contribution in [3.05, 3.63) is 0 Å². The summed E-state index contributed by atoms with van der Waals surface area (Å²) in [5, 5.41) is 11.0. The Kier molecular flexibility index (Phi) is 8.25. The van der Waals surface area contributed by atoms with Crippen molar-refractivity contribution < 1.29 is 37.3 Å². The maximum atomic E-state index is 12.3. The third-order valence-corrected chi connectivity index (χ3v) is 17.7. The van der Waals surface area contributed by atoms with E-state index >= 15 is 0 Å². The molecule has 0 aromatic carbocycles. The fourth-order valence-corrected chi connectivity index (χ4v) is 15.3. The van der Waals surface area contributed by atoms with Crippen LogP contribution < -0.4 is 0 Å². The first kappa shape index (κ1) is 35.6. The van der Waals surface area contributed by atoms with Crippen molar-refractivity contribution in [2.75, 3.05) is 26.0 Å². The number of esters is 1. The van der Waals surface area contributed by atoms with E-state index < -0.39 is 28.0 Å².